The minimum absolute atomic E-state index is 0.240. The molecule has 2 aliphatic heterocycles. The predicted molar refractivity (Wildman–Crippen MR) is 133 cm³/mol. The zero-order valence-electron chi connectivity index (χ0n) is 20.5. The number of nitrogens with zero attached hydrogens (tertiary/aromatic N) is 4. The lowest BCUT2D eigenvalue weighted by Crippen LogP contribution is -2.48. The molecule has 2 aromatic carbocycles. The summed E-state index contributed by atoms with van der Waals surface area (Å²) < 4.78 is 31.3. The normalized spacial score (nSPS) is 20.7. The van der Waals surface area contributed by atoms with E-state index < -0.39 is 0 Å². The summed E-state index contributed by atoms with van der Waals surface area (Å²) in [5, 5.41) is 4.08. The van der Waals surface area contributed by atoms with Crippen LogP contribution in [0.2, 0.25) is 0 Å². The molecular formula is C26H32FN5O3. The van der Waals surface area contributed by atoms with Gasteiger partial charge in [0.15, 0.2) is 11.5 Å². The molecule has 2 atom stereocenters. The number of hydrogen-bond donors (Lipinski definition) is 1. The minimum atomic E-state index is -0.240. The van der Waals surface area contributed by atoms with E-state index in [-0.39, 0.29) is 5.82 Å². The van der Waals surface area contributed by atoms with Gasteiger partial charge in [0.2, 0.25) is 0 Å². The number of rotatable bonds is 8. The van der Waals surface area contributed by atoms with Gasteiger partial charge in [0.05, 0.1) is 31.9 Å². The topological polar surface area (TPSA) is 72.0 Å². The van der Waals surface area contributed by atoms with Crippen molar-refractivity contribution >= 4 is 22.4 Å². The van der Waals surface area contributed by atoms with Crippen LogP contribution in [0.1, 0.15) is 12.0 Å². The molecule has 2 aliphatic rings. The van der Waals surface area contributed by atoms with Crippen molar-refractivity contribution in [2.75, 3.05) is 58.9 Å². The van der Waals surface area contributed by atoms with Gasteiger partial charge in [-0.15, -0.1) is 0 Å². The molecule has 5 rings (SSSR count). The van der Waals surface area contributed by atoms with Crippen molar-refractivity contribution in [1.82, 2.24) is 19.8 Å². The van der Waals surface area contributed by atoms with E-state index in [2.05, 4.69) is 32.1 Å². The van der Waals surface area contributed by atoms with Crippen molar-refractivity contribution < 1.29 is 18.6 Å². The number of morpholine rings is 1. The lowest BCUT2D eigenvalue weighted by molar-refractivity contribution is -0.0369. The van der Waals surface area contributed by atoms with Crippen LogP contribution in [0.4, 0.5) is 15.9 Å². The average molecular weight is 482 g/mol. The summed E-state index contributed by atoms with van der Waals surface area (Å²) in [6, 6.07) is 9.13. The fourth-order valence-electron chi connectivity index (χ4n) is 4.88. The number of ether oxygens (including phenoxy) is 3. The number of anilines is 2. The standard InChI is InChI=1S/C26H32FN5O3/c1-17-11-18(5-6-20(17)27)30-26-19-12-24(23(33-3)13-21(19)28-16-29-26)34-9-4-7-32-14-22-25(15-32)35-10-8-31(22)2/h5-6,11-13,16,22,25H,4,7-10,14-15H2,1-3H3,(H,28,29,30). The highest BCUT2D eigenvalue weighted by Gasteiger charge is 2.38. The fourth-order valence-corrected chi connectivity index (χ4v) is 4.88. The maximum Gasteiger partial charge on any atom is 0.162 e. The summed E-state index contributed by atoms with van der Waals surface area (Å²) in [4.78, 5) is 13.7. The second kappa shape index (κ2) is 10.3. The van der Waals surface area contributed by atoms with Crippen molar-refractivity contribution in [3.8, 4) is 11.5 Å². The summed E-state index contributed by atoms with van der Waals surface area (Å²) in [7, 11) is 3.81. The van der Waals surface area contributed by atoms with Gasteiger partial charge in [-0.25, -0.2) is 14.4 Å². The monoisotopic (exact) mass is 481 g/mol. The molecule has 2 fully saturated rings. The lowest BCUT2D eigenvalue weighted by atomic mass is 10.1. The highest BCUT2D eigenvalue weighted by molar-refractivity contribution is 5.93. The van der Waals surface area contributed by atoms with E-state index in [0.717, 1.165) is 55.8 Å². The molecule has 0 bridgehead atoms. The first-order valence-electron chi connectivity index (χ1n) is 12.0. The number of fused-ring (bicyclic) bond motifs is 2. The average Bonchev–Trinajstić information content (AvgIpc) is 3.28. The van der Waals surface area contributed by atoms with Crippen LogP contribution in [0, 0.1) is 12.7 Å². The third kappa shape index (κ3) is 5.17. The third-order valence-electron chi connectivity index (χ3n) is 6.87. The quantitative estimate of drug-likeness (QED) is 0.490. The zero-order chi connectivity index (χ0) is 24.4. The van der Waals surface area contributed by atoms with E-state index in [1.807, 2.05) is 12.1 Å². The number of nitrogens with one attached hydrogen (secondary N) is 1. The molecule has 8 nitrogen and oxygen atoms in total. The molecule has 2 saturated heterocycles. The van der Waals surface area contributed by atoms with Gasteiger partial charge in [0, 0.05) is 49.4 Å². The van der Waals surface area contributed by atoms with Crippen LogP contribution in [0.15, 0.2) is 36.7 Å². The van der Waals surface area contributed by atoms with Gasteiger partial charge in [-0.1, -0.05) is 0 Å². The smallest absolute Gasteiger partial charge is 0.162 e. The van der Waals surface area contributed by atoms with Gasteiger partial charge in [0.1, 0.15) is 18.0 Å². The number of hydrogen-bond acceptors (Lipinski definition) is 8. The molecule has 0 spiro atoms. The molecule has 0 radical (unpaired) electrons. The Balaban J connectivity index is 1.26. The molecular weight excluding hydrogens is 449 g/mol. The number of likely N-dealkylation sites (tertiary alicyclic amines) is 1. The van der Waals surface area contributed by atoms with Crippen LogP contribution in [0.3, 0.4) is 0 Å². The van der Waals surface area contributed by atoms with Crippen LogP contribution in [0.25, 0.3) is 10.9 Å². The Morgan fingerprint density at radius 2 is 2.06 bits per heavy atom. The summed E-state index contributed by atoms with van der Waals surface area (Å²) >= 11 is 0. The molecule has 0 aliphatic carbocycles. The van der Waals surface area contributed by atoms with Gasteiger partial charge >= 0.3 is 0 Å². The van der Waals surface area contributed by atoms with Gasteiger partial charge in [-0.2, -0.15) is 0 Å². The largest absolute Gasteiger partial charge is 0.493 e. The van der Waals surface area contributed by atoms with Crippen molar-refractivity contribution in [2.24, 2.45) is 0 Å². The van der Waals surface area contributed by atoms with Gasteiger partial charge in [0.25, 0.3) is 0 Å². The predicted octanol–water partition coefficient (Wildman–Crippen LogP) is 3.61. The first-order chi connectivity index (χ1) is 17.0. The Bertz CT molecular complexity index is 1190. The lowest BCUT2D eigenvalue weighted by Gasteiger charge is -2.33. The molecule has 2 unspecified atom stereocenters. The Morgan fingerprint density at radius 3 is 2.86 bits per heavy atom. The van der Waals surface area contributed by atoms with E-state index >= 15 is 0 Å². The second-order valence-corrected chi connectivity index (χ2v) is 9.25. The second-order valence-electron chi connectivity index (χ2n) is 9.25. The first-order valence-corrected chi connectivity index (χ1v) is 12.0. The molecule has 0 saturated carbocycles. The Morgan fingerprint density at radius 1 is 1.17 bits per heavy atom. The molecule has 1 aromatic heterocycles. The molecule has 35 heavy (non-hydrogen) atoms. The maximum atomic E-state index is 13.7. The Kier molecular flexibility index (Phi) is 6.99. The zero-order valence-corrected chi connectivity index (χ0v) is 20.5. The van der Waals surface area contributed by atoms with Crippen molar-refractivity contribution in [2.45, 2.75) is 25.5 Å². The van der Waals surface area contributed by atoms with E-state index in [4.69, 9.17) is 14.2 Å². The Labute approximate surface area is 205 Å². The summed E-state index contributed by atoms with van der Waals surface area (Å²) in [5.74, 6) is 1.65. The number of aromatic nitrogens is 2. The minimum Gasteiger partial charge on any atom is -0.493 e. The molecule has 3 aromatic rings. The van der Waals surface area contributed by atoms with Crippen LogP contribution < -0.4 is 14.8 Å². The first kappa shape index (κ1) is 23.7. The van der Waals surface area contributed by atoms with Gasteiger partial charge in [-0.05, 0) is 50.2 Å². The maximum absolute atomic E-state index is 13.7. The molecule has 1 N–H and O–H groups in total. The molecule has 3 heterocycles. The molecule has 9 heteroatoms. The van der Waals surface area contributed by atoms with Crippen molar-refractivity contribution in [3.05, 3.63) is 48.0 Å². The van der Waals surface area contributed by atoms with Crippen LogP contribution >= 0.6 is 0 Å². The highest BCUT2D eigenvalue weighted by atomic mass is 19.1. The van der Waals surface area contributed by atoms with Crippen molar-refractivity contribution in [3.63, 3.8) is 0 Å². The van der Waals surface area contributed by atoms with Crippen molar-refractivity contribution in [1.29, 1.82) is 0 Å². The third-order valence-corrected chi connectivity index (χ3v) is 6.87. The Hall–Kier alpha value is -3.01. The SMILES string of the molecule is COc1cc2ncnc(Nc3ccc(F)c(C)c3)c2cc1OCCCN1CC2OCCN(C)C2C1. The number of halogens is 1. The summed E-state index contributed by atoms with van der Waals surface area (Å²) in [5.41, 5.74) is 2.05. The number of methoxy groups -OCH3 is 1. The summed E-state index contributed by atoms with van der Waals surface area (Å²) in [6.45, 7) is 7.09. The van der Waals surface area contributed by atoms with E-state index in [9.17, 15) is 4.39 Å². The van der Waals surface area contributed by atoms with Gasteiger partial charge in [-0.3, -0.25) is 9.80 Å². The van der Waals surface area contributed by atoms with E-state index in [0.29, 0.717) is 41.6 Å². The fraction of sp³-hybridized carbons (Fsp3) is 0.462. The van der Waals surface area contributed by atoms with Gasteiger partial charge < -0.3 is 19.5 Å². The highest BCUT2D eigenvalue weighted by Crippen LogP contribution is 2.35. The molecule has 186 valence electrons. The van der Waals surface area contributed by atoms with Crippen LogP contribution in [-0.4, -0.2) is 85.5 Å². The van der Waals surface area contributed by atoms with Crippen LogP contribution in [-0.2, 0) is 4.74 Å². The number of benzene rings is 2. The number of aryl methyl sites for hydroxylation is 1. The molecule has 0 amide bonds. The van der Waals surface area contributed by atoms with E-state index in [1.54, 1.807) is 26.2 Å². The van der Waals surface area contributed by atoms with Crippen LogP contribution in [0.5, 0.6) is 11.5 Å². The number of likely N-dealkylation sites (N-methyl/N-ethyl adjacent to an activating group) is 1. The summed E-state index contributed by atoms with van der Waals surface area (Å²) in [6.07, 6.45) is 2.71. The van der Waals surface area contributed by atoms with E-state index in [1.165, 1.54) is 12.4 Å².